The molecule has 2 heterocycles. The van der Waals surface area contributed by atoms with Gasteiger partial charge in [-0.25, -0.2) is 4.79 Å². The number of nitro groups is 1. The van der Waals surface area contributed by atoms with Crippen molar-refractivity contribution in [3.63, 3.8) is 0 Å². The van der Waals surface area contributed by atoms with Crippen molar-refractivity contribution in [1.82, 2.24) is 0 Å². The van der Waals surface area contributed by atoms with Crippen LogP contribution in [0, 0.1) is 22.0 Å². The Hall–Kier alpha value is -3.46. The van der Waals surface area contributed by atoms with Crippen molar-refractivity contribution < 1.29 is 56.3 Å². The maximum Gasteiger partial charge on any atom is 0.514 e. The normalized spacial score (nSPS) is 24.3. The highest BCUT2D eigenvalue weighted by atomic mass is 28.4. The number of hydrogen-bond acceptors (Lipinski definition) is 13. The first kappa shape index (κ1) is 62.8. The van der Waals surface area contributed by atoms with E-state index >= 15 is 0 Å². The standard InChI is InChI=1S/C55H93NO13Si3/c1-17-47(68-71(21-5,22-6)23-7)41(13)52-53(66-52)42(14)55(16,69-72(24-8,25-9)26-10)37-36-39(11)40(12)48-28-27-29-49(62-43(15)57)50(65-54(59)63-45-32-30-44(31-33-45)56(60)61)35-34-46(38-51(58)64-48)67-70(18-2,19-3)20-4/h27,29-33,36-37,41-42,46-50,52-53H,17-26,28,34-35,38H2,1-16H3/b29-27+,37-36+,40-39+/t41-,42-,46-,47+,48-,49-,50-,52-,53-,55-/m1/s1. The molecule has 0 spiro atoms. The van der Waals surface area contributed by atoms with Crippen molar-refractivity contribution in [3.05, 3.63) is 69.8 Å². The van der Waals surface area contributed by atoms with Gasteiger partial charge in [0, 0.05) is 43.4 Å². The Bertz CT molecular complexity index is 1960. The number of non-ortho nitro benzene ring substituents is 1. The van der Waals surface area contributed by atoms with Crippen LogP contribution in [-0.4, -0.2) is 96.3 Å². The van der Waals surface area contributed by atoms with Crippen LogP contribution < -0.4 is 4.74 Å². The monoisotopic (exact) mass is 1060 g/mol. The van der Waals surface area contributed by atoms with E-state index in [0.717, 1.165) is 72.0 Å². The number of cyclic esters (lactones) is 1. The molecule has 14 nitrogen and oxygen atoms in total. The first-order valence-corrected chi connectivity index (χ1v) is 34.9. The molecule has 0 unspecified atom stereocenters. The largest absolute Gasteiger partial charge is 0.514 e. The van der Waals surface area contributed by atoms with Crippen LogP contribution in [-0.2, 0) is 41.8 Å². The maximum absolute atomic E-state index is 14.2. The van der Waals surface area contributed by atoms with Crippen molar-refractivity contribution in [2.75, 3.05) is 0 Å². The lowest BCUT2D eigenvalue weighted by atomic mass is 9.83. The molecule has 1 aromatic carbocycles. The molecule has 0 aliphatic carbocycles. The fourth-order valence-electron chi connectivity index (χ4n) is 10.3. The van der Waals surface area contributed by atoms with E-state index in [0.29, 0.717) is 0 Å². The maximum atomic E-state index is 14.2. The summed E-state index contributed by atoms with van der Waals surface area (Å²) in [5.74, 6) is -0.687. The Morgan fingerprint density at radius 1 is 0.819 bits per heavy atom. The van der Waals surface area contributed by atoms with Crippen molar-refractivity contribution in [2.24, 2.45) is 11.8 Å². The second-order valence-corrected chi connectivity index (χ2v) is 34.6. The van der Waals surface area contributed by atoms with Crippen molar-refractivity contribution in [2.45, 2.75) is 246 Å². The topological polar surface area (TPSA) is 171 Å². The van der Waals surface area contributed by atoms with Gasteiger partial charge in [-0.15, -0.1) is 0 Å². The number of ether oxygens (including phenoxy) is 5. The predicted octanol–water partition coefficient (Wildman–Crippen LogP) is 14.4. The zero-order chi connectivity index (χ0) is 54.0. The van der Waals surface area contributed by atoms with E-state index < -0.39 is 78.0 Å². The van der Waals surface area contributed by atoms with E-state index in [-0.39, 0.29) is 67.3 Å². The molecule has 3 rings (SSSR count). The molecule has 0 aromatic heterocycles. The number of hydrogen-bond donors (Lipinski definition) is 0. The minimum absolute atomic E-state index is 0.000491. The SMILES string of the molecule is CC[C@H](O[Si](CC)(CC)CC)[C@@H](C)[C@H]1O[C@@H]1[C@@H](C)[C@@](C)(/C=C/C(C)=C(\C)[C@H]1C/C=C/[C@@H](OC(C)=O)[C@H](OC(=O)Oc2ccc([N+](=O)[O-])cc2)CC[C@@H](O[Si](CC)(CC)CC)CC(=O)O1)O[Si](CC)(CC)CC. The first-order valence-electron chi connectivity index (χ1n) is 27.3. The molecule has 0 bridgehead atoms. The first-order chi connectivity index (χ1) is 34.0. The lowest BCUT2D eigenvalue weighted by Crippen LogP contribution is -2.50. The van der Waals surface area contributed by atoms with Gasteiger partial charge in [0.05, 0.1) is 35.3 Å². The Balaban J connectivity index is 2.07. The highest BCUT2D eigenvalue weighted by Gasteiger charge is 2.55. The summed E-state index contributed by atoms with van der Waals surface area (Å²) in [5.41, 5.74) is 0.930. The Kier molecular flexibility index (Phi) is 25.3. The van der Waals surface area contributed by atoms with Gasteiger partial charge < -0.3 is 37.0 Å². The smallest absolute Gasteiger partial charge is 0.457 e. The molecule has 0 radical (unpaired) electrons. The Morgan fingerprint density at radius 3 is 1.90 bits per heavy atom. The van der Waals surface area contributed by atoms with Crippen LogP contribution in [0.15, 0.2) is 59.7 Å². The lowest BCUT2D eigenvalue weighted by molar-refractivity contribution is -0.384. The molecular formula is C55H93NO13Si3. The minimum Gasteiger partial charge on any atom is -0.457 e. The van der Waals surface area contributed by atoms with E-state index in [1.807, 2.05) is 13.8 Å². The molecule has 2 aliphatic rings. The third kappa shape index (κ3) is 17.3. The van der Waals surface area contributed by atoms with Crippen LogP contribution >= 0.6 is 0 Å². The summed E-state index contributed by atoms with van der Waals surface area (Å²) in [4.78, 5) is 50.8. The summed E-state index contributed by atoms with van der Waals surface area (Å²) in [5, 5.41) is 11.2. The molecule has 1 aromatic rings. The molecule has 0 N–H and O–H groups in total. The van der Waals surface area contributed by atoms with Gasteiger partial charge in [-0.1, -0.05) is 101 Å². The van der Waals surface area contributed by atoms with Gasteiger partial charge in [0.2, 0.25) is 0 Å². The zero-order valence-electron chi connectivity index (χ0n) is 47.0. The summed E-state index contributed by atoms with van der Waals surface area (Å²) in [7, 11) is -6.25. The molecule has 1 saturated heterocycles. The van der Waals surface area contributed by atoms with Crippen LogP contribution in [0.25, 0.3) is 0 Å². The lowest BCUT2D eigenvalue weighted by Gasteiger charge is -2.42. The predicted molar refractivity (Wildman–Crippen MR) is 293 cm³/mol. The van der Waals surface area contributed by atoms with Gasteiger partial charge in [0.1, 0.15) is 18.0 Å². The van der Waals surface area contributed by atoms with Gasteiger partial charge in [-0.05, 0) is 124 Å². The molecule has 0 amide bonds. The number of epoxide rings is 1. The molecule has 408 valence electrons. The molecule has 17 heteroatoms. The minimum atomic E-state index is -2.27. The van der Waals surface area contributed by atoms with Gasteiger partial charge in [0.15, 0.2) is 31.1 Å². The molecule has 0 saturated carbocycles. The summed E-state index contributed by atoms with van der Waals surface area (Å²) in [6.45, 7) is 34.2. The third-order valence-corrected chi connectivity index (χ3v) is 30.7. The fourth-order valence-corrected chi connectivity index (χ4v) is 19.4. The summed E-state index contributed by atoms with van der Waals surface area (Å²) < 4.78 is 51.7. The zero-order valence-corrected chi connectivity index (χ0v) is 50.0. The fraction of sp³-hybridized carbons (Fsp3) is 0.727. The van der Waals surface area contributed by atoms with Crippen molar-refractivity contribution in [1.29, 1.82) is 0 Å². The van der Waals surface area contributed by atoms with Crippen LogP contribution in [0.3, 0.4) is 0 Å². The number of carbonyl (C=O) groups excluding carboxylic acids is 3. The number of benzene rings is 1. The highest BCUT2D eigenvalue weighted by molar-refractivity contribution is 6.74. The van der Waals surface area contributed by atoms with E-state index in [9.17, 15) is 24.5 Å². The number of nitro benzene ring substituents is 1. The number of esters is 2. The highest BCUT2D eigenvalue weighted by Crippen LogP contribution is 2.46. The second kappa shape index (κ2) is 29.0. The van der Waals surface area contributed by atoms with Crippen LogP contribution in [0.5, 0.6) is 5.75 Å². The number of rotatable bonds is 27. The van der Waals surface area contributed by atoms with Crippen molar-refractivity contribution >= 4 is 48.7 Å². The van der Waals surface area contributed by atoms with Crippen molar-refractivity contribution in [3.8, 4) is 5.75 Å². The van der Waals surface area contributed by atoms with Crippen LogP contribution in [0.4, 0.5) is 10.5 Å². The molecule has 2 aliphatic heterocycles. The van der Waals surface area contributed by atoms with Gasteiger partial charge in [-0.2, -0.15) is 0 Å². The molecular weight excluding hydrogens is 967 g/mol. The molecule has 72 heavy (non-hydrogen) atoms. The molecule has 1 fully saturated rings. The second-order valence-electron chi connectivity index (χ2n) is 20.5. The quantitative estimate of drug-likeness (QED) is 0.00939. The van der Waals surface area contributed by atoms with Crippen LogP contribution in [0.2, 0.25) is 54.4 Å². The van der Waals surface area contributed by atoms with Gasteiger partial charge in [-0.3, -0.25) is 19.7 Å². The summed E-state index contributed by atoms with van der Waals surface area (Å²) >= 11 is 0. The van der Waals surface area contributed by atoms with Crippen LogP contribution in [0.1, 0.15) is 143 Å². The number of nitrogens with zero attached hydrogens (tertiary/aromatic N) is 1. The third-order valence-electron chi connectivity index (χ3n) is 16.6. The summed E-state index contributed by atoms with van der Waals surface area (Å²) in [6.07, 6.45) is 5.18. The van der Waals surface area contributed by atoms with E-state index in [4.69, 9.17) is 37.0 Å². The van der Waals surface area contributed by atoms with E-state index in [1.165, 1.54) is 31.2 Å². The Morgan fingerprint density at radius 2 is 1.39 bits per heavy atom. The summed E-state index contributed by atoms with van der Waals surface area (Å²) in [6, 6.07) is 13.9. The average molecular weight is 1060 g/mol. The van der Waals surface area contributed by atoms with Gasteiger partial charge >= 0.3 is 18.1 Å². The van der Waals surface area contributed by atoms with E-state index in [2.05, 4.69) is 102 Å². The molecule has 10 atom stereocenters. The Labute approximate surface area is 436 Å². The van der Waals surface area contributed by atoms with Gasteiger partial charge in [0.25, 0.3) is 5.69 Å². The average Bonchev–Trinajstić information content (AvgIpc) is 4.18. The number of allylic oxidation sites excluding steroid dienone is 2. The number of carbonyl (C=O) groups is 3. The van der Waals surface area contributed by atoms with E-state index in [1.54, 1.807) is 12.2 Å².